The molecule has 1 aromatic rings. The molecule has 0 bridgehead atoms. The maximum absolute atomic E-state index is 12.2. The van der Waals surface area contributed by atoms with E-state index in [1.807, 2.05) is 0 Å². The summed E-state index contributed by atoms with van der Waals surface area (Å²) in [6.07, 6.45) is 0. The second kappa shape index (κ2) is 7.33. The van der Waals surface area contributed by atoms with E-state index in [4.69, 9.17) is 4.74 Å². The predicted octanol–water partition coefficient (Wildman–Crippen LogP) is 3.29. The van der Waals surface area contributed by atoms with Gasteiger partial charge in [-0.25, -0.2) is 0 Å². The number of ether oxygens (including phenoxy) is 2. The van der Waals surface area contributed by atoms with E-state index in [9.17, 15) is 8.78 Å². The fraction of sp³-hybridized carbons (Fsp3) is 0.333. The van der Waals surface area contributed by atoms with Crippen LogP contribution in [0.25, 0.3) is 0 Å². The maximum atomic E-state index is 12.2. The van der Waals surface area contributed by atoms with Gasteiger partial charge in [0, 0.05) is 17.6 Å². The SMILES string of the molecule is C=C(Br)CNCc1ccc(OC)c(OC(F)F)c1. The number of hydrogen-bond donors (Lipinski definition) is 1. The first kappa shape index (κ1) is 14.9. The van der Waals surface area contributed by atoms with Crippen LogP contribution in [0.2, 0.25) is 0 Å². The van der Waals surface area contributed by atoms with Gasteiger partial charge in [0.1, 0.15) is 0 Å². The number of methoxy groups -OCH3 is 1. The standard InChI is InChI=1S/C12H14BrF2NO2/c1-8(13)6-16-7-9-3-4-10(17-2)11(5-9)18-12(14)15/h3-5,12,16H,1,6-7H2,2H3. The molecule has 0 spiro atoms. The van der Waals surface area contributed by atoms with Crippen LogP contribution in [0.5, 0.6) is 11.5 Å². The lowest BCUT2D eigenvalue weighted by atomic mass is 10.2. The Kier molecular flexibility index (Phi) is 6.07. The van der Waals surface area contributed by atoms with Crippen LogP contribution in [0.1, 0.15) is 5.56 Å². The molecule has 0 aliphatic rings. The lowest BCUT2D eigenvalue weighted by Crippen LogP contribution is -2.14. The van der Waals surface area contributed by atoms with E-state index < -0.39 is 6.61 Å². The second-order valence-corrected chi connectivity index (χ2v) is 4.61. The molecule has 0 amide bonds. The summed E-state index contributed by atoms with van der Waals surface area (Å²) in [6.45, 7) is 1.93. The molecule has 3 nitrogen and oxygen atoms in total. The molecule has 6 heteroatoms. The summed E-state index contributed by atoms with van der Waals surface area (Å²) < 4.78 is 34.6. The quantitative estimate of drug-likeness (QED) is 0.836. The number of nitrogens with one attached hydrogen (secondary N) is 1. The van der Waals surface area contributed by atoms with Gasteiger partial charge >= 0.3 is 6.61 Å². The van der Waals surface area contributed by atoms with E-state index in [1.165, 1.54) is 13.2 Å². The molecular formula is C12H14BrF2NO2. The predicted molar refractivity (Wildman–Crippen MR) is 69.4 cm³/mol. The molecule has 0 fully saturated rings. The molecule has 1 aromatic carbocycles. The smallest absolute Gasteiger partial charge is 0.387 e. The molecule has 1 rings (SSSR count). The van der Waals surface area contributed by atoms with Crippen LogP contribution in [0.4, 0.5) is 8.78 Å². The van der Waals surface area contributed by atoms with Gasteiger partial charge in [0.25, 0.3) is 0 Å². The van der Waals surface area contributed by atoms with Crippen molar-refractivity contribution < 1.29 is 18.3 Å². The van der Waals surface area contributed by atoms with Gasteiger partial charge in [-0.1, -0.05) is 28.6 Å². The van der Waals surface area contributed by atoms with Crippen molar-refractivity contribution in [1.82, 2.24) is 5.32 Å². The van der Waals surface area contributed by atoms with E-state index in [1.54, 1.807) is 12.1 Å². The van der Waals surface area contributed by atoms with E-state index >= 15 is 0 Å². The topological polar surface area (TPSA) is 30.5 Å². The van der Waals surface area contributed by atoms with Crippen molar-refractivity contribution in [3.8, 4) is 11.5 Å². The Morgan fingerprint density at radius 1 is 1.44 bits per heavy atom. The molecule has 0 aromatic heterocycles. The van der Waals surface area contributed by atoms with Crippen molar-refractivity contribution in [3.63, 3.8) is 0 Å². The number of alkyl halides is 2. The van der Waals surface area contributed by atoms with E-state index in [2.05, 4.69) is 32.6 Å². The largest absolute Gasteiger partial charge is 0.493 e. The zero-order valence-corrected chi connectivity index (χ0v) is 11.5. The first-order chi connectivity index (χ1) is 8.52. The zero-order valence-electron chi connectivity index (χ0n) is 9.88. The van der Waals surface area contributed by atoms with Gasteiger partial charge in [0.2, 0.25) is 0 Å². The molecule has 0 saturated carbocycles. The van der Waals surface area contributed by atoms with E-state index in [0.29, 0.717) is 13.1 Å². The Morgan fingerprint density at radius 3 is 2.72 bits per heavy atom. The van der Waals surface area contributed by atoms with Gasteiger partial charge in [-0.2, -0.15) is 8.78 Å². The normalized spacial score (nSPS) is 10.5. The van der Waals surface area contributed by atoms with Crippen molar-refractivity contribution >= 4 is 15.9 Å². The Labute approximate surface area is 113 Å². The van der Waals surface area contributed by atoms with Crippen molar-refractivity contribution in [2.45, 2.75) is 13.2 Å². The highest BCUT2D eigenvalue weighted by Crippen LogP contribution is 2.29. The Hall–Kier alpha value is -1.14. The van der Waals surface area contributed by atoms with Crippen LogP contribution < -0.4 is 14.8 Å². The minimum atomic E-state index is -2.87. The lowest BCUT2D eigenvalue weighted by Gasteiger charge is -2.11. The molecule has 0 aliphatic heterocycles. The summed E-state index contributed by atoms with van der Waals surface area (Å²) >= 11 is 3.22. The molecule has 18 heavy (non-hydrogen) atoms. The highest BCUT2D eigenvalue weighted by molar-refractivity contribution is 9.11. The monoisotopic (exact) mass is 321 g/mol. The van der Waals surface area contributed by atoms with Gasteiger partial charge in [-0.3, -0.25) is 0 Å². The summed E-state index contributed by atoms with van der Waals surface area (Å²) in [4.78, 5) is 0. The summed E-state index contributed by atoms with van der Waals surface area (Å²) in [6, 6.07) is 4.90. The molecule has 0 atom stereocenters. The van der Waals surface area contributed by atoms with Crippen LogP contribution in [0, 0.1) is 0 Å². The number of benzene rings is 1. The molecule has 0 unspecified atom stereocenters. The van der Waals surface area contributed by atoms with Gasteiger partial charge in [-0.05, 0) is 17.7 Å². The minimum Gasteiger partial charge on any atom is -0.493 e. The minimum absolute atomic E-state index is 0.0319. The Morgan fingerprint density at radius 2 is 2.17 bits per heavy atom. The number of halogens is 3. The van der Waals surface area contributed by atoms with Gasteiger partial charge in [0.15, 0.2) is 11.5 Å². The highest BCUT2D eigenvalue weighted by atomic mass is 79.9. The van der Waals surface area contributed by atoms with Crippen molar-refractivity contribution in [2.24, 2.45) is 0 Å². The van der Waals surface area contributed by atoms with Crippen LogP contribution in [-0.2, 0) is 6.54 Å². The lowest BCUT2D eigenvalue weighted by molar-refractivity contribution is -0.0512. The van der Waals surface area contributed by atoms with Gasteiger partial charge in [-0.15, -0.1) is 0 Å². The van der Waals surface area contributed by atoms with Crippen LogP contribution in [-0.4, -0.2) is 20.3 Å². The molecule has 0 saturated heterocycles. The molecular weight excluding hydrogens is 308 g/mol. The first-order valence-electron chi connectivity index (χ1n) is 5.18. The third-order valence-corrected chi connectivity index (χ3v) is 2.37. The summed E-state index contributed by atoms with van der Waals surface area (Å²) in [5.74, 6) is 0.313. The molecule has 100 valence electrons. The Bertz CT molecular complexity index is 413. The van der Waals surface area contributed by atoms with E-state index in [0.717, 1.165) is 10.0 Å². The summed E-state index contributed by atoms with van der Waals surface area (Å²) in [5.41, 5.74) is 0.820. The summed E-state index contributed by atoms with van der Waals surface area (Å²) in [7, 11) is 1.40. The number of hydrogen-bond acceptors (Lipinski definition) is 3. The van der Waals surface area contributed by atoms with Crippen molar-refractivity contribution in [2.75, 3.05) is 13.7 Å². The molecule has 0 radical (unpaired) electrons. The number of rotatable bonds is 7. The highest BCUT2D eigenvalue weighted by Gasteiger charge is 2.11. The van der Waals surface area contributed by atoms with Gasteiger partial charge in [0.05, 0.1) is 7.11 Å². The first-order valence-corrected chi connectivity index (χ1v) is 5.98. The molecule has 1 N–H and O–H groups in total. The fourth-order valence-corrected chi connectivity index (χ4v) is 1.56. The maximum Gasteiger partial charge on any atom is 0.387 e. The van der Waals surface area contributed by atoms with Crippen molar-refractivity contribution in [3.05, 3.63) is 34.8 Å². The zero-order chi connectivity index (χ0) is 13.5. The van der Waals surface area contributed by atoms with Crippen LogP contribution in [0.15, 0.2) is 29.3 Å². The Balaban J connectivity index is 2.72. The van der Waals surface area contributed by atoms with Crippen LogP contribution >= 0.6 is 15.9 Å². The average molecular weight is 322 g/mol. The fourth-order valence-electron chi connectivity index (χ4n) is 1.36. The van der Waals surface area contributed by atoms with Crippen molar-refractivity contribution in [1.29, 1.82) is 0 Å². The molecule has 0 heterocycles. The summed E-state index contributed by atoms with van der Waals surface area (Å²) in [5, 5.41) is 3.09. The third-order valence-electron chi connectivity index (χ3n) is 2.09. The molecule has 0 aliphatic carbocycles. The van der Waals surface area contributed by atoms with Gasteiger partial charge < -0.3 is 14.8 Å². The van der Waals surface area contributed by atoms with Crippen LogP contribution in [0.3, 0.4) is 0 Å². The average Bonchev–Trinajstić information content (AvgIpc) is 2.28. The second-order valence-electron chi connectivity index (χ2n) is 3.48. The third kappa shape index (κ3) is 5.01. The van der Waals surface area contributed by atoms with E-state index in [-0.39, 0.29) is 11.5 Å².